The SMILES string of the molecule is COc1ccc(C(OCC(COS(=O)(=O)c2ccc(C)cc2)Oc2c(Cl)cc(B3OC(C)(C)C(C)(C)O3)cc2Cl)(c2ccccc2)c2ccc(OC)cc2)cc1. The van der Waals surface area contributed by atoms with Gasteiger partial charge in [0.15, 0.2) is 5.75 Å². The Hall–Kier alpha value is -4.07. The lowest BCUT2D eigenvalue weighted by molar-refractivity contribution is -0.0404. The van der Waals surface area contributed by atoms with Crippen molar-refractivity contribution >= 4 is 45.9 Å². The molecule has 1 saturated heterocycles. The van der Waals surface area contributed by atoms with Gasteiger partial charge in [-0.3, -0.25) is 4.18 Å². The molecule has 1 atom stereocenters. The summed E-state index contributed by atoms with van der Waals surface area (Å²) >= 11 is 13.8. The molecule has 9 nitrogen and oxygen atoms in total. The van der Waals surface area contributed by atoms with Crippen molar-refractivity contribution in [3.63, 3.8) is 0 Å². The van der Waals surface area contributed by atoms with Crippen molar-refractivity contribution in [3.05, 3.63) is 148 Å². The summed E-state index contributed by atoms with van der Waals surface area (Å²) in [6, 6.07) is 34.5. The van der Waals surface area contributed by atoms with Gasteiger partial charge in [-0.2, -0.15) is 8.42 Å². The predicted molar refractivity (Wildman–Crippen MR) is 219 cm³/mol. The van der Waals surface area contributed by atoms with Crippen molar-refractivity contribution in [1.29, 1.82) is 0 Å². The molecule has 0 aliphatic carbocycles. The van der Waals surface area contributed by atoms with E-state index in [1.54, 1.807) is 38.5 Å². The van der Waals surface area contributed by atoms with Crippen molar-refractivity contribution in [3.8, 4) is 17.2 Å². The van der Waals surface area contributed by atoms with Gasteiger partial charge in [0, 0.05) is 0 Å². The van der Waals surface area contributed by atoms with Crippen LogP contribution in [-0.2, 0) is 33.9 Å². The molecule has 6 rings (SSSR count). The topological polar surface area (TPSA) is 98.8 Å². The standard InChI is InChI=1S/C43H45BCl2O9S/c1-29-13-23-37(24-14-29)56(47,48)52-28-36(53-40-38(45)25-33(26-39(40)46)44-54-41(2,3)42(4,5)55-44)27-51-43(30-11-9-8-10-12-30,31-15-19-34(49-6)20-16-31)32-17-21-35(50-7)22-18-32/h8-26,36H,27-28H2,1-7H3. The number of benzene rings is 5. The van der Waals surface area contributed by atoms with Gasteiger partial charge in [0.25, 0.3) is 10.1 Å². The molecule has 1 aliphatic heterocycles. The van der Waals surface area contributed by atoms with Crippen molar-refractivity contribution < 1.29 is 40.9 Å². The number of ether oxygens (including phenoxy) is 4. The Balaban J connectivity index is 1.40. The summed E-state index contributed by atoms with van der Waals surface area (Å²) in [5.41, 5.74) is 1.41. The normalized spacial score (nSPS) is 15.7. The Kier molecular flexibility index (Phi) is 12.5. The molecule has 0 saturated carbocycles. The molecule has 5 aromatic rings. The second-order valence-electron chi connectivity index (χ2n) is 14.5. The van der Waals surface area contributed by atoms with Gasteiger partial charge in [-0.25, -0.2) is 0 Å². The fourth-order valence-corrected chi connectivity index (χ4v) is 7.85. The summed E-state index contributed by atoms with van der Waals surface area (Å²) < 4.78 is 69.7. The first kappa shape index (κ1) is 41.6. The number of aryl methyl sites for hydroxylation is 1. The van der Waals surface area contributed by atoms with Gasteiger partial charge in [0.2, 0.25) is 0 Å². The third-order valence-electron chi connectivity index (χ3n) is 10.2. The summed E-state index contributed by atoms with van der Waals surface area (Å²) in [6.07, 6.45) is -1.06. The first-order chi connectivity index (χ1) is 26.6. The van der Waals surface area contributed by atoms with Gasteiger partial charge in [0.05, 0.1) is 47.0 Å². The Labute approximate surface area is 340 Å². The maximum absolute atomic E-state index is 13.5. The average Bonchev–Trinajstić information content (AvgIpc) is 3.41. The van der Waals surface area contributed by atoms with Crippen molar-refractivity contribution in [2.24, 2.45) is 0 Å². The van der Waals surface area contributed by atoms with E-state index in [1.165, 1.54) is 12.1 Å². The van der Waals surface area contributed by atoms with Crippen molar-refractivity contribution in [1.82, 2.24) is 0 Å². The average molecular weight is 820 g/mol. The summed E-state index contributed by atoms with van der Waals surface area (Å²) in [6.45, 7) is 9.05. The van der Waals surface area contributed by atoms with Crippen LogP contribution in [0.2, 0.25) is 10.0 Å². The smallest absolute Gasteiger partial charge is 0.494 e. The minimum absolute atomic E-state index is 0.000645. The lowest BCUT2D eigenvalue weighted by atomic mass is 9.79. The van der Waals surface area contributed by atoms with E-state index in [0.29, 0.717) is 17.0 Å². The molecule has 1 aliphatic rings. The molecule has 0 aromatic heterocycles. The summed E-state index contributed by atoms with van der Waals surface area (Å²) in [5.74, 6) is 1.43. The summed E-state index contributed by atoms with van der Waals surface area (Å²) in [5, 5.41) is 0.321. The highest BCUT2D eigenvalue weighted by Crippen LogP contribution is 2.43. The lowest BCUT2D eigenvalue weighted by Gasteiger charge is -2.37. The molecule has 13 heteroatoms. The highest BCUT2D eigenvalue weighted by molar-refractivity contribution is 7.86. The maximum Gasteiger partial charge on any atom is 0.494 e. The predicted octanol–water partition coefficient (Wildman–Crippen LogP) is 8.78. The van der Waals surface area contributed by atoms with E-state index >= 15 is 0 Å². The van der Waals surface area contributed by atoms with Crippen molar-refractivity contribution in [2.75, 3.05) is 27.4 Å². The Morgan fingerprint density at radius 1 is 0.696 bits per heavy atom. The highest BCUT2D eigenvalue weighted by atomic mass is 35.5. The Bertz CT molecular complexity index is 2130. The second-order valence-corrected chi connectivity index (χ2v) is 16.9. The van der Waals surface area contributed by atoms with Crippen molar-refractivity contribution in [2.45, 2.75) is 62.4 Å². The zero-order valence-corrected chi connectivity index (χ0v) is 34.7. The van der Waals surface area contributed by atoms with E-state index in [2.05, 4.69) is 0 Å². The van der Waals surface area contributed by atoms with Gasteiger partial charge in [-0.05, 0) is 105 Å². The van der Waals surface area contributed by atoms with E-state index in [1.807, 2.05) is 113 Å². The van der Waals surface area contributed by atoms with Gasteiger partial charge in [-0.15, -0.1) is 0 Å². The second kappa shape index (κ2) is 16.8. The zero-order chi connectivity index (χ0) is 40.3. The van der Waals surface area contributed by atoms with E-state index in [4.69, 9.17) is 55.6 Å². The quantitative estimate of drug-likeness (QED) is 0.0584. The first-order valence-corrected chi connectivity index (χ1v) is 20.2. The van der Waals surface area contributed by atoms with Crippen LogP contribution in [0.1, 0.15) is 49.9 Å². The van der Waals surface area contributed by atoms with E-state index in [-0.39, 0.29) is 27.3 Å². The number of hydrogen-bond donors (Lipinski definition) is 0. The molecule has 0 N–H and O–H groups in total. The Morgan fingerprint density at radius 2 is 1.18 bits per heavy atom. The van der Waals surface area contributed by atoms with Crippen LogP contribution in [0.25, 0.3) is 0 Å². The van der Waals surface area contributed by atoms with E-state index in [9.17, 15) is 8.42 Å². The maximum atomic E-state index is 13.5. The molecule has 1 heterocycles. The first-order valence-electron chi connectivity index (χ1n) is 18.0. The summed E-state index contributed by atoms with van der Waals surface area (Å²) in [7, 11) is -1.74. The number of rotatable bonds is 15. The van der Waals surface area contributed by atoms with Gasteiger partial charge < -0.3 is 28.3 Å². The molecule has 1 fully saturated rings. The Morgan fingerprint density at radius 3 is 1.66 bits per heavy atom. The highest BCUT2D eigenvalue weighted by Gasteiger charge is 2.52. The molecular formula is C43H45BCl2O9S. The van der Waals surface area contributed by atoms with Crippen LogP contribution in [0, 0.1) is 6.92 Å². The zero-order valence-electron chi connectivity index (χ0n) is 32.4. The number of methoxy groups -OCH3 is 2. The van der Waals surface area contributed by atoms with Crippen LogP contribution in [0.3, 0.4) is 0 Å². The largest absolute Gasteiger partial charge is 0.497 e. The molecule has 56 heavy (non-hydrogen) atoms. The van der Waals surface area contributed by atoms with E-state index < -0.39 is 46.8 Å². The van der Waals surface area contributed by atoms with Crippen LogP contribution in [-0.4, -0.2) is 60.3 Å². The van der Waals surface area contributed by atoms with Crippen LogP contribution in [0.5, 0.6) is 17.2 Å². The summed E-state index contributed by atoms with van der Waals surface area (Å²) in [4.78, 5) is 0.000645. The molecule has 0 bridgehead atoms. The van der Waals surface area contributed by atoms with Crippen LogP contribution in [0.4, 0.5) is 0 Å². The number of hydrogen-bond acceptors (Lipinski definition) is 9. The molecule has 0 amide bonds. The van der Waals surface area contributed by atoms with Gasteiger partial charge >= 0.3 is 7.12 Å². The van der Waals surface area contributed by atoms with Crippen LogP contribution in [0.15, 0.2) is 120 Å². The lowest BCUT2D eigenvalue weighted by Crippen LogP contribution is -2.41. The molecule has 1 unspecified atom stereocenters. The third kappa shape index (κ3) is 8.74. The number of halogens is 2. The molecule has 294 valence electrons. The molecule has 0 radical (unpaired) electrons. The van der Waals surface area contributed by atoms with Crippen LogP contribution >= 0.6 is 23.2 Å². The van der Waals surface area contributed by atoms with Gasteiger partial charge in [-0.1, -0.05) is 95.5 Å². The minimum atomic E-state index is -4.21. The van der Waals surface area contributed by atoms with Gasteiger partial charge in [0.1, 0.15) is 29.8 Å². The molecular weight excluding hydrogens is 774 g/mol. The van der Waals surface area contributed by atoms with E-state index in [0.717, 1.165) is 22.3 Å². The molecule has 0 spiro atoms. The molecule has 5 aromatic carbocycles. The monoisotopic (exact) mass is 818 g/mol. The van der Waals surface area contributed by atoms with Crippen LogP contribution < -0.4 is 19.7 Å². The third-order valence-corrected chi connectivity index (χ3v) is 12.1. The fourth-order valence-electron chi connectivity index (χ4n) is 6.32. The fraction of sp³-hybridized carbons (Fsp3) is 0.302. The minimum Gasteiger partial charge on any atom is -0.497 e.